The van der Waals surface area contributed by atoms with Crippen molar-refractivity contribution in [2.75, 3.05) is 24.2 Å². The number of hydrogen-bond acceptors (Lipinski definition) is 6. The fourth-order valence-electron chi connectivity index (χ4n) is 1.80. The number of aromatic nitrogens is 2. The number of benzene rings is 1. The van der Waals surface area contributed by atoms with Crippen molar-refractivity contribution in [1.29, 1.82) is 0 Å². The van der Waals surface area contributed by atoms with Gasteiger partial charge in [0.15, 0.2) is 4.34 Å². The van der Waals surface area contributed by atoms with Crippen LogP contribution < -0.4 is 10.1 Å². The molecule has 1 aromatic carbocycles. The van der Waals surface area contributed by atoms with Crippen LogP contribution >= 0.6 is 23.1 Å². The van der Waals surface area contributed by atoms with E-state index in [-0.39, 0.29) is 0 Å². The molecule has 0 aliphatic carbocycles. The second-order valence-electron chi connectivity index (χ2n) is 4.56. The Balaban J connectivity index is 1.74. The molecular formula is C15H19N3OS2. The number of hydrogen-bond donors (Lipinski definition) is 1. The summed E-state index contributed by atoms with van der Waals surface area (Å²) in [6, 6.07) is 6.25. The molecule has 0 fully saturated rings. The minimum atomic E-state index is 0.655. The van der Waals surface area contributed by atoms with Gasteiger partial charge in [-0.05, 0) is 37.1 Å². The Morgan fingerprint density at radius 3 is 2.76 bits per heavy atom. The van der Waals surface area contributed by atoms with Gasteiger partial charge in [0.05, 0.1) is 6.61 Å². The highest BCUT2D eigenvalue weighted by molar-refractivity contribution is 8.01. The third kappa shape index (κ3) is 5.40. The van der Waals surface area contributed by atoms with Gasteiger partial charge in [0.1, 0.15) is 5.75 Å². The largest absolute Gasteiger partial charge is 0.493 e. The Bertz CT molecular complexity index is 578. The highest BCUT2D eigenvalue weighted by Crippen LogP contribution is 2.25. The van der Waals surface area contributed by atoms with Gasteiger partial charge in [0, 0.05) is 12.3 Å². The zero-order chi connectivity index (χ0) is 15.1. The highest BCUT2D eigenvalue weighted by Gasteiger charge is 2.04. The van der Waals surface area contributed by atoms with Crippen LogP contribution in [0.3, 0.4) is 0 Å². The number of nitrogens with zero attached hydrogens (tertiary/aromatic N) is 2. The van der Waals surface area contributed by atoms with E-state index < -0.39 is 0 Å². The molecule has 0 aliphatic heterocycles. The van der Waals surface area contributed by atoms with Crippen LogP contribution in [0.1, 0.15) is 11.1 Å². The van der Waals surface area contributed by atoms with Crippen LogP contribution in [0, 0.1) is 13.8 Å². The molecule has 1 heterocycles. The lowest BCUT2D eigenvalue weighted by atomic mass is 10.1. The van der Waals surface area contributed by atoms with Crippen molar-refractivity contribution in [3.05, 3.63) is 42.0 Å². The quantitative estimate of drug-likeness (QED) is 0.453. The minimum absolute atomic E-state index is 0.655. The molecule has 112 valence electrons. The average Bonchev–Trinajstić information content (AvgIpc) is 2.88. The zero-order valence-corrected chi connectivity index (χ0v) is 13.9. The first-order valence-electron chi connectivity index (χ1n) is 6.69. The molecule has 1 aromatic heterocycles. The molecule has 2 aromatic rings. The monoisotopic (exact) mass is 321 g/mol. The first kappa shape index (κ1) is 15.9. The lowest BCUT2D eigenvalue weighted by molar-refractivity contribution is 0.343. The van der Waals surface area contributed by atoms with Gasteiger partial charge in [0.2, 0.25) is 5.13 Å². The van der Waals surface area contributed by atoms with Gasteiger partial charge in [-0.15, -0.1) is 16.8 Å². The molecule has 0 aliphatic rings. The molecular weight excluding hydrogens is 302 g/mol. The van der Waals surface area contributed by atoms with Gasteiger partial charge >= 0.3 is 0 Å². The van der Waals surface area contributed by atoms with Crippen molar-refractivity contribution in [2.24, 2.45) is 0 Å². The standard InChI is InChI=1S/C15H19N3OS2/c1-4-5-16-14-17-18-15(21-14)20-7-6-19-13-9-11(2)8-12(3)10-13/h4,8-10H,1,5-7H2,2-3H3,(H,16,17). The molecule has 0 radical (unpaired) electrons. The molecule has 21 heavy (non-hydrogen) atoms. The Hall–Kier alpha value is -1.53. The number of aryl methyl sites for hydroxylation is 2. The summed E-state index contributed by atoms with van der Waals surface area (Å²) >= 11 is 3.21. The lowest BCUT2D eigenvalue weighted by Gasteiger charge is -2.07. The van der Waals surface area contributed by atoms with E-state index in [0.717, 1.165) is 21.0 Å². The van der Waals surface area contributed by atoms with Gasteiger partial charge in [-0.1, -0.05) is 35.2 Å². The van der Waals surface area contributed by atoms with E-state index in [1.165, 1.54) is 11.1 Å². The minimum Gasteiger partial charge on any atom is -0.493 e. The topological polar surface area (TPSA) is 47.0 Å². The molecule has 4 nitrogen and oxygen atoms in total. The van der Waals surface area contributed by atoms with Gasteiger partial charge < -0.3 is 10.1 Å². The number of thioether (sulfide) groups is 1. The van der Waals surface area contributed by atoms with Crippen molar-refractivity contribution < 1.29 is 4.74 Å². The number of ether oxygens (including phenoxy) is 1. The van der Waals surface area contributed by atoms with Crippen molar-refractivity contribution >= 4 is 28.2 Å². The zero-order valence-electron chi connectivity index (χ0n) is 12.3. The maximum absolute atomic E-state index is 5.77. The van der Waals surface area contributed by atoms with E-state index in [0.29, 0.717) is 13.2 Å². The average molecular weight is 321 g/mol. The third-order valence-corrected chi connectivity index (χ3v) is 4.56. The van der Waals surface area contributed by atoms with Crippen molar-refractivity contribution in [3.63, 3.8) is 0 Å². The second kappa shape index (κ2) is 8.05. The maximum atomic E-state index is 5.77. The maximum Gasteiger partial charge on any atom is 0.206 e. The number of nitrogens with one attached hydrogen (secondary N) is 1. The van der Waals surface area contributed by atoms with E-state index >= 15 is 0 Å². The molecule has 0 amide bonds. The Morgan fingerprint density at radius 1 is 1.29 bits per heavy atom. The summed E-state index contributed by atoms with van der Waals surface area (Å²) < 4.78 is 6.72. The van der Waals surface area contributed by atoms with Crippen LogP contribution in [0.25, 0.3) is 0 Å². The molecule has 2 rings (SSSR count). The summed E-state index contributed by atoms with van der Waals surface area (Å²) in [5.74, 6) is 1.78. The van der Waals surface area contributed by atoms with E-state index in [9.17, 15) is 0 Å². The van der Waals surface area contributed by atoms with E-state index in [1.807, 2.05) is 0 Å². The summed E-state index contributed by atoms with van der Waals surface area (Å²) in [6.07, 6.45) is 1.80. The molecule has 0 atom stereocenters. The van der Waals surface area contributed by atoms with E-state index in [1.54, 1.807) is 29.2 Å². The van der Waals surface area contributed by atoms with Crippen LogP contribution in [0.2, 0.25) is 0 Å². The molecule has 0 saturated heterocycles. The predicted octanol–water partition coefficient (Wildman–Crippen LogP) is 3.92. The fraction of sp³-hybridized carbons (Fsp3) is 0.333. The van der Waals surface area contributed by atoms with E-state index in [2.05, 4.69) is 54.1 Å². The first-order valence-corrected chi connectivity index (χ1v) is 8.50. The van der Waals surface area contributed by atoms with E-state index in [4.69, 9.17) is 4.74 Å². The summed E-state index contributed by atoms with van der Waals surface area (Å²) in [7, 11) is 0. The molecule has 0 unspecified atom stereocenters. The molecule has 0 saturated carbocycles. The van der Waals surface area contributed by atoms with Crippen LogP contribution in [0.5, 0.6) is 5.75 Å². The SMILES string of the molecule is C=CCNc1nnc(SCCOc2cc(C)cc(C)c2)s1. The first-order chi connectivity index (χ1) is 10.2. The molecule has 0 spiro atoms. The van der Waals surface area contributed by atoms with Crippen molar-refractivity contribution in [3.8, 4) is 5.75 Å². The van der Waals surface area contributed by atoms with Gasteiger partial charge in [-0.3, -0.25) is 0 Å². The summed E-state index contributed by atoms with van der Waals surface area (Å²) in [5, 5.41) is 12.1. The second-order valence-corrected chi connectivity index (χ2v) is 6.88. The van der Waals surface area contributed by atoms with Crippen molar-refractivity contribution in [1.82, 2.24) is 10.2 Å². The third-order valence-electron chi connectivity index (χ3n) is 2.58. The van der Waals surface area contributed by atoms with Crippen LogP contribution in [0.15, 0.2) is 35.2 Å². The van der Waals surface area contributed by atoms with Crippen LogP contribution in [0.4, 0.5) is 5.13 Å². The lowest BCUT2D eigenvalue weighted by Crippen LogP contribution is -2.00. The molecule has 1 N–H and O–H groups in total. The van der Waals surface area contributed by atoms with Crippen LogP contribution in [-0.4, -0.2) is 29.1 Å². The molecule has 0 bridgehead atoms. The van der Waals surface area contributed by atoms with Crippen LogP contribution in [-0.2, 0) is 0 Å². The van der Waals surface area contributed by atoms with Gasteiger partial charge in [0.25, 0.3) is 0 Å². The predicted molar refractivity (Wildman–Crippen MR) is 90.7 cm³/mol. The summed E-state index contributed by atoms with van der Waals surface area (Å²) in [5.41, 5.74) is 2.44. The highest BCUT2D eigenvalue weighted by atomic mass is 32.2. The number of anilines is 1. The fourth-order valence-corrected chi connectivity index (χ4v) is 3.45. The molecule has 6 heteroatoms. The Morgan fingerprint density at radius 2 is 2.05 bits per heavy atom. The van der Waals surface area contributed by atoms with Gasteiger partial charge in [-0.25, -0.2) is 0 Å². The Kier molecular flexibility index (Phi) is 6.07. The number of rotatable bonds is 8. The Labute approximate surface area is 133 Å². The smallest absolute Gasteiger partial charge is 0.206 e. The summed E-state index contributed by atoms with van der Waals surface area (Å²) in [6.45, 7) is 9.17. The van der Waals surface area contributed by atoms with Gasteiger partial charge in [-0.2, -0.15) is 0 Å². The summed E-state index contributed by atoms with van der Waals surface area (Å²) in [4.78, 5) is 0. The van der Waals surface area contributed by atoms with Crippen molar-refractivity contribution in [2.45, 2.75) is 18.2 Å². The normalized spacial score (nSPS) is 10.4.